The van der Waals surface area contributed by atoms with Crippen LogP contribution in [0.1, 0.15) is 28.8 Å². The van der Waals surface area contributed by atoms with E-state index in [0.29, 0.717) is 5.92 Å². The number of aromatic amines is 1. The quantitative estimate of drug-likeness (QED) is 0.225. The molecule has 2 aromatic heterocycles. The summed E-state index contributed by atoms with van der Waals surface area (Å²) in [6.07, 6.45) is 5.68. The zero-order valence-corrected chi connectivity index (χ0v) is 21.6. The Morgan fingerprint density at radius 2 is 2.19 bits per heavy atom. The third-order valence-electron chi connectivity index (χ3n) is 5.95. The molecule has 0 bridgehead atoms. The maximum Gasteiger partial charge on any atom is 0.190 e. The van der Waals surface area contributed by atoms with E-state index in [1.807, 2.05) is 18.4 Å². The second-order valence-electron chi connectivity index (χ2n) is 8.32. The van der Waals surface area contributed by atoms with Gasteiger partial charge in [-0.05, 0) is 67.3 Å². The molecule has 0 spiro atoms. The van der Waals surface area contributed by atoms with Crippen LogP contribution in [0.4, 0.5) is 0 Å². The van der Waals surface area contributed by atoms with Crippen molar-refractivity contribution in [2.75, 3.05) is 33.2 Å². The lowest BCUT2D eigenvalue weighted by Gasteiger charge is -2.32. The molecular weight excluding hydrogens is 517 g/mol. The van der Waals surface area contributed by atoms with Gasteiger partial charge in [0.05, 0.1) is 0 Å². The Morgan fingerprint density at radius 1 is 1.29 bits per heavy atom. The molecule has 7 heteroatoms. The number of rotatable bonds is 7. The second kappa shape index (κ2) is 11.9. The number of H-pyrrole nitrogens is 1. The Hall–Kier alpha value is -1.58. The molecule has 1 unspecified atom stereocenters. The van der Waals surface area contributed by atoms with E-state index in [4.69, 9.17) is 0 Å². The zero-order valence-electron chi connectivity index (χ0n) is 18.5. The largest absolute Gasteiger partial charge is 0.361 e. The van der Waals surface area contributed by atoms with Gasteiger partial charge in [-0.3, -0.25) is 9.89 Å². The number of halogens is 1. The summed E-state index contributed by atoms with van der Waals surface area (Å²) in [4.78, 5) is 11.9. The Labute approximate surface area is 206 Å². The topological polar surface area (TPSA) is 55.5 Å². The van der Waals surface area contributed by atoms with Crippen LogP contribution >= 0.6 is 35.3 Å². The predicted octanol–water partition coefficient (Wildman–Crippen LogP) is 4.78. The van der Waals surface area contributed by atoms with Crippen LogP contribution in [0.15, 0.2) is 46.9 Å². The number of hydrogen-bond donors (Lipinski definition) is 3. The standard InChI is InChI=1S/C24H33N5S.HI/c1-18-7-8-22-20(15-27-23(22)13-18)9-10-26-24(25-2)28-14-19-5-3-11-29(16-19)17-21-6-4-12-30-21;/h4,6-8,12-13,15,19,27H,3,5,9-11,14,16-17H2,1-2H3,(H2,25,26,28);1H. The first-order valence-corrected chi connectivity index (χ1v) is 11.8. The van der Waals surface area contributed by atoms with Crippen molar-refractivity contribution in [3.8, 4) is 0 Å². The van der Waals surface area contributed by atoms with Crippen molar-refractivity contribution in [3.05, 3.63) is 57.9 Å². The molecule has 31 heavy (non-hydrogen) atoms. The molecule has 1 aromatic carbocycles. The highest BCUT2D eigenvalue weighted by Crippen LogP contribution is 2.21. The van der Waals surface area contributed by atoms with E-state index < -0.39 is 0 Å². The van der Waals surface area contributed by atoms with Gasteiger partial charge in [-0.2, -0.15) is 0 Å². The molecule has 1 saturated heterocycles. The van der Waals surface area contributed by atoms with E-state index in [1.165, 1.54) is 46.3 Å². The summed E-state index contributed by atoms with van der Waals surface area (Å²) in [6, 6.07) is 11.0. The fourth-order valence-corrected chi connectivity index (χ4v) is 5.11. The fourth-order valence-electron chi connectivity index (χ4n) is 4.37. The van der Waals surface area contributed by atoms with Crippen molar-refractivity contribution in [2.45, 2.75) is 32.7 Å². The average Bonchev–Trinajstić information content (AvgIpc) is 3.40. The van der Waals surface area contributed by atoms with Crippen LogP contribution in [-0.2, 0) is 13.0 Å². The van der Waals surface area contributed by atoms with Gasteiger partial charge < -0.3 is 15.6 Å². The number of piperidine rings is 1. The molecule has 0 aliphatic carbocycles. The molecule has 0 radical (unpaired) electrons. The highest BCUT2D eigenvalue weighted by atomic mass is 127. The molecule has 4 rings (SSSR count). The number of thiophene rings is 1. The Kier molecular flexibility index (Phi) is 9.22. The first kappa shape index (κ1) is 24.1. The number of aromatic nitrogens is 1. The number of hydrogen-bond acceptors (Lipinski definition) is 3. The van der Waals surface area contributed by atoms with Crippen LogP contribution in [0.2, 0.25) is 0 Å². The molecule has 0 saturated carbocycles. The Bertz CT molecular complexity index is 966. The third kappa shape index (κ3) is 6.70. The summed E-state index contributed by atoms with van der Waals surface area (Å²) in [7, 11) is 1.85. The lowest BCUT2D eigenvalue weighted by atomic mass is 9.98. The molecule has 1 aliphatic heterocycles. The SMILES string of the molecule is CN=C(NCCc1c[nH]c2cc(C)ccc12)NCC1CCCN(Cc2cccs2)C1.I. The summed E-state index contributed by atoms with van der Waals surface area (Å²) in [5.74, 6) is 1.58. The number of aliphatic imine (C=N–C) groups is 1. The molecule has 3 N–H and O–H groups in total. The maximum absolute atomic E-state index is 4.42. The molecule has 1 atom stereocenters. The van der Waals surface area contributed by atoms with Crippen LogP contribution in [-0.4, -0.2) is 49.1 Å². The summed E-state index contributed by atoms with van der Waals surface area (Å²) in [6.45, 7) is 7.45. The van der Waals surface area contributed by atoms with Crippen molar-refractivity contribution in [1.82, 2.24) is 20.5 Å². The van der Waals surface area contributed by atoms with Crippen molar-refractivity contribution in [3.63, 3.8) is 0 Å². The fraction of sp³-hybridized carbons (Fsp3) is 0.458. The summed E-state index contributed by atoms with van der Waals surface area (Å²) in [5, 5.41) is 10.5. The molecule has 3 heterocycles. The van der Waals surface area contributed by atoms with Gasteiger partial charge in [0.15, 0.2) is 5.96 Å². The molecule has 3 aromatic rings. The van der Waals surface area contributed by atoms with Crippen LogP contribution in [0.5, 0.6) is 0 Å². The third-order valence-corrected chi connectivity index (χ3v) is 6.82. The van der Waals surface area contributed by atoms with Crippen molar-refractivity contribution in [1.29, 1.82) is 0 Å². The number of aryl methyl sites for hydroxylation is 1. The van der Waals surface area contributed by atoms with Gasteiger partial charge in [0, 0.05) is 55.2 Å². The van der Waals surface area contributed by atoms with E-state index in [2.05, 4.69) is 74.3 Å². The highest BCUT2D eigenvalue weighted by Gasteiger charge is 2.20. The van der Waals surface area contributed by atoms with E-state index >= 15 is 0 Å². The number of benzene rings is 1. The number of likely N-dealkylation sites (tertiary alicyclic amines) is 1. The van der Waals surface area contributed by atoms with Gasteiger partial charge in [-0.1, -0.05) is 18.2 Å². The molecule has 0 amide bonds. The lowest BCUT2D eigenvalue weighted by Crippen LogP contribution is -2.44. The van der Waals surface area contributed by atoms with Crippen LogP contribution in [0.3, 0.4) is 0 Å². The van der Waals surface area contributed by atoms with Crippen molar-refractivity contribution in [2.24, 2.45) is 10.9 Å². The molecule has 1 fully saturated rings. The first-order valence-electron chi connectivity index (χ1n) is 11.0. The Morgan fingerprint density at radius 3 is 3.00 bits per heavy atom. The van der Waals surface area contributed by atoms with E-state index in [-0.39, 0.29) is 24.0 Å². The normalized spacial score (nSPS) is 17.5. The van der Waals surface area contributed by atoms with Crippen molar-refractivity contribution >= 4 is 52.2 Å². The first-order chi connectivity index (χ1) is 14.7. The van der Waals surface area contributed by atoms with Gasteiger partial charge in [0.1, 0.15) is 0 Å². The predicted molar refractivity (Wildman–Crippen MR) is 144 cm³/mol. The van der Waals surface area contributed by atoms with Gasteiger partial charge in [0.2, 0.25) is 0 Å². The van der Waals surface area contributed by atoms with Gasteiger partial charge in [-0.15, -0.1) is 35.3 Å². The van der Waals surface area contributed by atoms with Crippen LogP contribution in [0, 0.1) is 12.8 Å². The molecular formula is C24H34IN5S. The number of nitrogens with one attached hydrogen (secondary N) is 3. The van der Waals surface area contributed by atoms with Gasteiger partial charge in [-0.25, -0.2) is 0 Å². The van der Waals surface area contributed by atoms with E-state index in [9.17, 15) is 0 Å². The van der Waals surface area contributed by atoms with Crippen LogP contribution in [0.25, 0.3) is 10.9 Å². The number of guanidine groups is 1. The van der Waals surface area contributed by atoms with E-state index in [1.54, 1.807) is 0 Å². The van der Waals surface area contributed by atoms with Gasteiger partial charge >= 0.3 is 0 Å². The summed E-state index contributed by atoms with van der Waals surface area (Å²) >= 11 is 1.86. The summed E-state index contributed by atoms with van der Waals surface area (Å²) < 4.78 is 0. The van der Waals surface area contributed by atoms with Crippen molar-refractivity contribution < 1.29 is 0 Å². The van der Waals surface area contributed by atoms with Crippen LogP contribution < -0.4 is 10.6 Å². The number of nitrogens with zero attached hydrogens (tertiary/aromatic N) is 2. The highest BCUT2D eigenvalue weighted by molar-refractivity contribution is 14.0. The van der Waals surface area contributed by atoms with E-state index in [0.717, 1.165) is 38.6 Å². The second-order valence-corrected chi connectivity index (χ2v) is 9.35. The monoisotopic (exact) mass is 551 g/mol. The molecule has 168 valence electrons. The van der Waals surface area contributed by atoms with Gasteiger partial charge in [0.25, 0.3) is 0 Å². The molecule has 1 aliphatic rings. The minimum absolute atomic E-state index is 0. The minimum Gasteiger partial charge on any atom is -0.361 e. The number of fused-ring (bicyclic) bond motifs is 1. The summed E-state index contributed by atoms with van der Waals surface area (Å²) in [5.41, 5.74) is 3.86. The minimum atomic E-state index is 0. The lowest BCUT2D eigenvalue weighted by molar-refractivity contribution is 0.169. The smallest absolute Gasteiger partial charge is 0.190 e. The average molecular weight is 552 g/mol. The zero-order chi connectivity index (χ0) is 20.8. The maximum atomic E-state index is 4.42. The molecule has 5 nitrogen and oxygen atoms in total. The Balaban J connectivity index is 0.00000272.